The molecule has 0 rings (SSSR count). The number of unbranched alkanes of at least 4 members (excludes halogenated alkanes) is 20. The summed E-state index contributed by atoms with van der Waals surface area (Å²) in [6.07, 6.45) is 30.0. The predicted molar refractivity (Wildman–Crippen MR) is 207 cm³/mol. The van der Waals surface area contributed by atoms with Gasteiger partial charge in [0.15, 0.2) is 6.29 Å². The molecule has 8 nitrogen and oxygen atoms in total. The molecule has 50 heavy (non-hydrogen) atoms. The zero-order valence-electron chi connectivity index (χ0n) is 33.4. The fraction of sp³-hybridized carbons (Fsp3) is 0.952. The standard InChI is InChI=1S/C42H83NO7/c1-4-7-10-13-14-15-16-19-25-36-47-40(45)29-22-20-23-32-43(34-35-44)33-24-21-28-37-48-41(46)30-31-42(49-38-26-17-11-8-5-2)50-39-27-18-12-9-6-3/h42,44H,4-39H2,1-3H3. The number of esters is 2. The quantitative estimate of drug-likeness (QED) is 0.0380. The van der Waals surface area contributed by atoms with Crippen molar-refractivity contribution < 1.29 is 33.6 Å². The van der Waals surface area contributed by atoms with Gasteiger partial charge in [0.05, 0.1) is 26.2 Å². The van der Waals surface area contributed by atoms with Gasteiger partial charge < -0.3 is 29.0 Å². The van der Waals surface area contributed by atoms with Gasteiger partial charge in [-0.25, -0.2) is 0 Å². The molecule has 0 aromatic rings. The number of aliphatic hydroxyl groups excluding tert-OH is 1. The highest BCUT2D eigenvalue weighted by Gasteiger charge is 2.14. The Labute approximate surface area is 309 Å². The number of ether oxygens (including phenoxy) is 4. The highest BCUT2D eigenvalue weighted by Crippen LogP contribution is 2.13. The highest BCUT2D eigenvalue weighted by molar-refractivity contribution is 5.69. The summed E-state index contributed by atoms with van der Waals surface area (Å²) in [5.74, 6) is -0.248. The van der Waals surface area contributed by atoms with Crippen LogP contribution in [0, 0.1) is 0 Å². The molecular weight excluding hydrogens is 630 g/mol. The van der Waals surface area contributed by atoms with Crippen LogP contribution in [-0.2, 0) is 28.5 Å². The fourth-order valence-electron chi connectivity index (χ4n) is 6.09. The first-order valence-electron chi connectivity index (χ1n) is 21.4. The van der Waals surface area contributed by atoms with Crippen molar-refractivity contribution in [3.63, 3.8) is 0 Å². The van der Waals surface area contributed by atoms with Crippen LogP contribution in [0.5, 0.6) is 0 Å². The number of hydrogen-bond acceptors (Lipinski definition) is 8. The molecule has 0 aromatic heterocycles. The molecule has 8 heteroatoms. The van der Waals surface area contributed by atoms with Crippen LogP contribution >= 0.6 is 0 Å². The van der Waals surface area contributed by atoms with Gasteiger partial charge in [-0.05, 0) is 64.5 Å². The molecule has 0 fully saturated rings. The Morgan fingerprint density at radius 1 is 0.460 bits per heavy atom. The van der Waals surface area contributed by atoms with E-state index < -0.39 is 0 Å². The van der Waals surface area contributed by atoms with Crippen LogP contribution in [0.3, 0.4) is 0 Å². The van der Waals surface area contributed by atoms with E-state index in [9.17, 15) is 14.7 Å². The lowest BCUT2D eigenvalue weighted by atomic mass is 10.1. The van der Waals surface area contributed by atoms with Gasteiger partial charge in [-0.15, -0.1) is 0 Å². The molecule has 0 bridgehead atoms. The van der Waals surface area contributed by atoms with Gasteiger partial charge >= 0.3 is 11.9 Å². The molecule has 0 aliphatic carbocycles. The molecule has 0 spiro atoms. The minimum Gasteiger partial charge on any atom is -0.466 e. The monoisotopic (exact) mass is 714 g/mol. The summed E-state index contributed by atoms with van der Waals surface area (Å²) in [6.45, 7) is 11.7. The lowest BCUT2D eigenvalue weighted by molar-refractivity contribution is -0.159. The Bertz CT molecular complexity index is 692. The Kier molecular flexibility index (Phi) is 39.6. The topological polar surface area (TPSA) is 94.5 Å². The van der Waals surface area contributed by atoms with Gasteiger partial charge in [0.2, 0.25) is 0 Å². The average Bonchev–Trinajstić information content (AvgIpc) is 3.11. The van der Waals surface area contributed by atoms with E-state index >= 15 is 0 Å². The van der Waals surface area contributed by atoms with Crippen LogP contribution in [0.2, 0.25) is 0 Å². The van der Waals surface area contributed by atoms with Gasteiger partial charge in [0, 0.05) is 32.6 Å². The van der Waals surface area contributed by atoms with Gasteiger partial charge in [-0.2, -0.15) is 0 Å². The molecule has 298 valence electrons. The first-order valence-corrected chi connectivity index (χ1v) is 21.4. The summed E-state index contributed by atoms with van der Waals surface area (Å²) < 4.78 is 23.0. The second-order valence-corrected chi connectivity index (χ2v) is 14.2. The molecule has 1 N–H and O–H groups in total. The third kappa shape index (κ3) is 36.6. The lowest BCUT2D eigenvalue weighted by Gasteiger charge is -2.21. The summed E-state index contributed by atoms with van der Waals surface area (Å²) in [5, 5.41) is 9.50. The molecule has 0 unspecified atom stereocenters. The number of nitrogens with zero attached hydrogens (tertiary/aromatic N) is 1. The van der Waals surface area contributed by atoms with Crippen LogP contribution in [0.1, 0.15) is 201 Å². The van der Waals surface area contributed by atoms with Crippen molar-refractivity contribution in [1.29, 1.82) is 0 Å². The molecular formula is C42H83NO7. The number of hydrogen-bond donors (Lipinski definition) is 1. The zero-order valence-corrected chi connectivity index (χ0v) is 33.4. The summed E-state index contributed by atoms with van der Waals surface area (Å²) in [4.78, 5) is 26.8. The first kappa shape index (κ1) is 48.8. The van der Waals surface area contributed by atoms with E-state index in [1.165, 1.54) is 96.3 Å². The summed E-state index contributed by atoms with van der Waals surface area (Å²) in [5.41, 5.74) is 0. The van der Waals surface area contributed by atoms with E-state index in [-0.39, 0.29) is 24.8 Å². The molecule has 0 aliphatic heterocycles. The van der Waals surface area contributed by atoms with Crippen LogP contribution < -0.4 is 0 Å². The van der Waals surface area contributed by atoms with Crippen molar-refractivity contribution in [2.24, 2.45) is 0 Å². The van der Waals surface area contributed by atoms with E-state index in [1.807, 2.05) is 0 Å². The molecule has 0 amide bonds. The van der Waals surface area contributed by atoms with E-state index in [2.05, 4.69) is 25.7 Å². The SMILES string of the molecule is CCCCCCCCCCCOC(=O)CCCCCN(CCO)CCCCCOC(=O)CCC(OCCCCCCC)OCCCCCCC. The lowest BCUT2D eigenvalue weighted by Crippen LogP contribution is -2.29. The minimum atomic E-state index is -0.333. The van der Waals surface area contributed by atoms with Crippen molar-refractivity contribution >= 4 is 11.9 Å². The molecule has 0 saturated carbocycles. The number of aliphatic hydroxyl groups is 1. The fourth-order valence-corrected chi connectivity index (χ4v) is 6.09. The maximum atomic E-state index is 12.4. The number of rotatable bonds is 41. The Morgan fingerprint density at radius 3 is 1.30 bits per heavy atom. The Hall–Kier alpha value is -1.22. The second kappa shape index (κ2) is 40.5. The average molecular weight is 714 g/mol. The summed E-state index contributed by atoms with van der Waals surface area (Å²) >= 11 is 0. The smallest absolute Gasteiger partial charge is 0.305 e. The van der Waals surface area contributed by atoms with Gasteiger partial charge in [0.1, 0.15) is 0 Å². The van der Waals surface area contributed by atoms with Crippen molar-refractivity contribution in [1.82, 2.24) is 4.90 Å². The van der Waals surface area contributed by atoms with Crippen molar-refractivity contribution in [2.45, 2.75) is 207 Å². The number of carbonyl (C=O) groups is 2. The van der Waals surface area contributed by atoms with Crippen LogP contribution in [0.25, 0.3) is 0 Å². The summed E-state index contributed by atoms with van der Waals surface area (Å²) in [7, 11) is 0. The Balaban J connectivity index is 3.96. The van der Waals surface area contributed by atoms with E-state index in [0.717, 1.165) is 77.3 Å². The first-order chi connectivity index (χ1) is 24.6. The molecule has 0 heterocycles. The summed E-state index contributed by atoms with van der Waals surface area (Å²) in [6, 6.07) is 0. The van der Waals surface area contributed by atoms with Gasteiger partial charge in [0.25, 0.3) is 0 Å². The largest absolute Gasteiger partial charge is 0.466 e. The Morgan fingerprint density at radius 2 is 0.840 bits per heavy atom. The molecule has 0 radical (unpaired) electrons. The van der Waals surface area contributed by atoms with Crippen molar-refractivity contribution in [3.8, 4) is 0 Å². The normalized spacial score (nSPS) is 11.6. The van der Waals surface area contributed by atoms with E-state index in [4.69, 9.17) is 18.9 Å². The van der Waals surface area contributed by atoms with Gasteiger partial charge in [-0.1, -0.05) is 130 Å². The molecule has 0 atom stereocenters. The zero-order chi connectivity index (χ0) is 36.6. The van der Waals surface area contributed by atoms with Crippen LogP contribution in [0.15, 0.2) is 0 Å². The molecule has 0 aromatic carbocycles. The van der Waals surface area contributed by atoms with E-state index in [0.29, 0.717) is 52.2 Å². The minimum absolute atomic E-state index is 0.0692. The maximum absolute atomic E-state index is 12.4. The number of carbonyl (C=O) groups excluding carboxylic acids is 2. The third-order valence-electron chi connectivity index (χ3n) is 9.35. The van der Waals surface area contributed by atoms with Crippen molar-refractivity contribution in [3.05, 3.63) is 0 Å². The highest BCUT2D eigenvalue weighted by atomic mass is 16.7. The predicted octanol–water partition coefficient (Wildman–Crippen LogP) is 10.7. The van der Waals surface area contributed by atoms with Crippen LogP contribution in [0.4, 0.5) is 0 Å². The maximum Gasteiger partial charge on any atom is 0.305 e. The van der Waals surface area contributed by atoms with Crippen molar-refractivity contribution in [2.75, 3.05) is 52.7 Å². The molecule has 0 aliphatic rings. The second-order valence-electron chi connectivity index (χ2n) is 14.2. The third-order valence-corrected chi connectivity index (χ3v) is 9.35. The molecule has 0 saturated heterocycles. The van der Waals surface area contributed by atoms with Gasteiger partial charge in [-0.3, -0.25) is 9.59 Å². The van der Waals surface area contributed by atoms with E-state index in [1.54, 1.807) is 0 Å². The van der Waals surface area contributed by atoms with Crippen LogP contribution in [-0.4, -0.2) is 80.9 Å².